The van der Waals surface area contributed by atoms with Crippen molar-refractivity contribution in [2.75, 3.05) is 0 Å². The predicted molar refractivity (Wildman–Crippen MR) is 96.5 cm³/mol. The number of nitrogens with zero attached hydrogens (tertiary/aromatic N) is 2. The van der Waals surface area contributed by atoms with Crippen LogP contribution >= 0.6 is 11.6 Å². The molecule has 1 heterocycles. The topological polar surface area (TPSA) is 50.8 Å². The number of ketones is 1. The molecule has 3 rings (SSSR count). The van der Waals surface area contributed by atoms with Crippen LogP contribution in [0, 0.1) is 5.41 Å². The largest absolute Gasteiger partial charge is 0.310 e. The van der Waals surface area contributed by atoms with Crippen molar-refractivity contribution in [2.45, 2.75) is 32.9 Å². The SMILES string of the molecule is CCCCn1c(=N)n(CC(=O)c2ccc(Cl)cc2)c2ccccc21. The van der Waals surface area contributed by atoms with E-state index in [-0.39, 0.29) is 12.3 Å². The molecule has 0 aliphatic carbocycles. The highest BCUT2D eigenvalue weighted by molar-refractivity contribution is 6.30. The maximum absolute atomic E-state index is 12.6. The van der Waals surface area contributed by atoms with Gasteiger partial charge in [-0.15, -0.1) is 0 Å². The van der Waals surface area contributed by atoms with Gasteiger partial charge in [-0.25, -0.2) is 0 Å². The number of imidazole rings is 1. The standard InChI is InChI=1S/C19H20ClN3O/c1-2-3-12-22-16-6-4-5-7-17(16)23(19(22)21)13-18(24)14-8-10-15(20)11-9-14/h4-11,21H,2-3,12-13H2,1H3. The molecule has 1 N–H and O–H groups in total. The summed E-state index contributed by atoms with van der Waals surface area (Å²) >= 11 is 5.88. The van der Waals surface area contributed by atoms with Gasteiger partial charge >= 0.3 is 0 Å². The Morgan fingerprint density at radius 3 is 2.29 bits per heavy atom. The molecular formula is C19H20ClN3O. The van der Waals surface area contributed by atoms with Crippen molar-refractivity contribution < 1.29 is 4.79 Å². The van der Waals surface area contributed by atoms with Crippen LogP contribution in [0.1, 0.15) is 30.1 Å². The third kappa shape index (κ3) is 3.15. The zero-order valence-corrected chi connectivity index (χ0v) is 14.4. The number of hydrogen-bond donors (Lipinski definition) is 1. The van der Waals surface area contributed by atoms with Gasteiger partial charge in [-0.3, -0.25) is 10.2 Å². The fraction of sp³-hybridized carbons (Fsp3) is 0.263. The first-order chi connectivity index (χ1) is 11.6. The van der Waals surface area contributed by atoms with E-state index in [2.05, 4.69) is 6.92 Å². The number of carbonyl (C=O) groups is 1. The second-order valence-corrected chi connectivity index (χ2v) is 6.27. The number of fused-ring (bicyclic) bond motifs is 1. The second-order valence-electron chi connectivity index (χ2n) is 5.83. The Labute approximate surface area is 145 Å². The lowest BCUT2D eigenvalue weighted by Crippen LogP contribution is -2.27. The minimum absolute atomic E-state index is 0.0245. The average Bonchev–Trinajstić information content (AvgIpc) is 2.85. The van der Waals surface area contributed by atoms with Gasteiger partial charge in [0.1, 0.15) is 0 Å². The van der Waals surface area contributed by atoms with E-state index in [4.69, 9.17) is 17.0 Å². The summed E-state index contributed by atoms with van der Waals surface area (Å²) in [6.07, 6.45) is 2.07. The van der Waals surface area contributed by atoms with Crippen molar-refractivity contribution >= 4 is 28.4 Å². The maximum atomic E-state index is 12.6. The summed E-state index contributed by atoms with van der Waals surface area (Å²) in [6, 6.07) is 14.8. The smallest absolute Gasteiger partial charge is 0.203 e. The number of hydrogen-bond acceptors (Lipinski definition) is 2. The minimum atomic E-state index is -0.0245. The first-order valence-corrected chi connectivity index (χ1v) is 8.51. The van der Waals surface area contributed by atoms with Crippen LogP contribution in [0.15, 0.2) is 48.5 Å². The molecule has 2 aromatic carbocycles. The van der Waals surface area contributed by atoms with Crippen LogP contribution in [0.5, 0.6) is 0 Å². The second kappa shape index (κ2) is 7.05. The number of rotatable bonds is 6. The van der Waals surface area contributed by atoms with Crippen LogP contribution < -0.4 is 5.62 Å². The lowest BCUT2D eigenvalue weighted by Gasteiger charge is -2.05. The molecule has 0 aliphatic rings. The van der Waals surface area contributed by atoms with Gasteiger partial charge < -0.3 is 9.13 Å². The molecule has 5 heteroatoms. The molecule has 0 bridgehead atoms. The molecule has 3 aromatic rings. The van der Waals surface area contributed by atoms with Crippen LogP contribution in [-0.2, 0) is 13.1 Å². The predicted octanol–water partition coefficient (Wildman–Crippen LogP) is 4.26. The van der Waals surface area contributed by atoms with E-state index in [1.807, 2.05) is 28.8 Å². The number of halogens is 1. The van der Waals surface area contributed by atoms with Crippen LogP contribution in [-0.4, -0.2) is 14.9 Å². The molecule has 0 radical (unpaired) electrons. The van der Waals surface area contributed by atoms with Crippen LogP contribution in [0.2, 0.25) is 5.02 Å². The molecule has 0 aliphatic heterocycles. The lowest BCUT2D eigenvalue weighted by molar-refractivity contribution is 0.0971. The van der Waals surface area contributed by atoms with Gasteiger partial charge in [0, 0.05) is 17.1 Å². The molecule has 1 aromatic heterocycles. The molecule has 0 saturated heterocycles. The van der Waals surface area contributed by atoms with E-state index < -0.39 is 0 Å². The van der Waals surface area contributed by atoms with E-state index in [1.54, 1.807) is 28.8 Å². The normalized spacial score (nSPS) is 11.1. The fourth-order valence-electron chi connectivity index (χ4n) is 2.87. The molecule has 0 fully saturated rings. The number of para-hydroxylation sites is 2. The number of aryl methyl sites for hydroxylation is 1. The zero-order valence-electron chi connectivity index (χ0n) is 13.6. The molecule has 124 valence electrons. The Balaban J connectivity index is 2.00. The number of benzene rings is 2. The fourth-order valence-corrected chi connectivity index (χ4v) is 2.99. The van der Waals surface area contributed by atoms with Crippen molar-refractivity contribution in [3.63, 3.8) is 0 Å². The first kappa shape index (κ1) is 16.5. The quantitative estimate of drug-likeness (QED) is 0.669. The number of Topliss-reactive ketones (excluding diaryl/α,β-unsaturated/α-hetero) is 1. The van der Waals surface area contributed by atoms with Crippen LogP contribution in [0.25, 0.3) is 11.0 Å². The van der Waals surface area contributed by atoms with Crippen molar-refractivity contribution in [3.8, 4) is 0 Å². The van der Waals surface area contributed by atoms with Gasteiger partial charge in [-0.2, -0.15) is 0 Å². The van der Waals surface area contributed by atoms with E-state index in [0.29, 0.717) is 16.2 Å². The summed E-state index contributed by atoms with van der Waals surface area (Å²) in [7, 11) is 0. The Kier molecular flexibility index (Phi) is 4.86. The molecule has 0 amide bonds. The molecule has 0 spiro atoms. The van der Waals surface area contributed by atoms with Gasteiger partial charge in [0.15, 0.2) is 5.78 Å². The molecule has 24 heavy (non-hydrogen) atoms. The van der Waals surface area contributed by atoms with Gasteiger partial charge in [0.25, 0.3) is 0 Å². The van der Waals surface area contributed by atoms with E-state index in [9.17, 15) is 4.79 Å². The lowest BCUT2D eigenvalue weighted by atomic mass is 10.1. The number of nitrogens with one attached hydrogen (secondary N) is 1. The Morgan fingerprint density at radius 1 is 1.04 bits per heavy atom. The highest BCUT2D eigenvalue weighted by Crippen LogP contribution is 2.15. The number of unbranched alkanes of at least 4 members (excludes halogenated alkanes) is 1. The minimum Gasteiger partial charge on any atom is -0.310 e. The summed E-state index contributed by atoms with van der Waals surface area (Å²) < 4.78 is 3.76. The monoisotopic (exact) mass is 341 g/mol. The van der Waals surface area contributed by atoms with Crippen LogP contribution in [0.4, 0.5) is 0 Å². The zero-order chi connectivity index (χ0) is 17.1. The van der Waals surface area contributed by atoms with E-state index in [0.717, 1.165) is 30.4 Å². The maximum Gasteiger partial charge on any atom is 0.203 e. The van der Waals surface area contributed by atoms with E-state index >= 15 is 0 Å². The average molecular weight is 342 g/mol. The van der Waals surface area contributed by atoms with Crippen molar-refractivity contribution in [1.82, 2.24) is 9.13 Å². The molecular weight excluding hydrogens is 322 g/mol. The third-order valence-corrected chi connectivity index (χ3v) is 4.43. The van der Waals surface area contributed by atoms with Gasteiger partial charge in [-0.05, 0) is 42.8 Å². The Hall–Kier alpha value is -2.33. The third-order valence-electron chi connectivity index (χ3n) is 4.18. The Morgan fingerprint density at radius 2 is 1.67 bits per heavy atom. The summed E-state index contributed by atoms with van der Waals surface area (Å²) in [5.41, 5.74) is 2.89. The Bertz CT molecular complexity index is 922. The molecule has 0 atom stereocenters. The summed E-state index contributed by atoms with van der Waals surface area (Å²) in [5.74, 6) is -0.0245. The van der Waals surface area contributed by atoms with Gasteiger partial charge in [0.2, 0.25) is 5.62 Å². The molecule has 4 nitrogen and oxygen atoms in total. The molecule has 0 unspecified atom stereocenters. The van der Waals surface area contributed by atoms with E-state index in [1.165, 1.54) is 0 Å². The highest BCUT2D eigenvalue weighted by atomic mass is 35.5. The number of aromatic nitrogens is 2. The van der Waals surface area contributed by atoms with Crippen molar-refractivity contribution in [3.05, 3.63) is 64.7 Å². The van der Waals surface area contributed by atoms with Gasteiger partial charge in [-0.1, -0.05) is 37.1 Å². The van der Waals surface area contributed by atoms with Crippen LogP contribution in [0.3, 0.4) is 0 Å². The highest BCUT2D eigenvalue weighted by Gasteiger charge is 2.14. The summed E-state index contributed by atoms with van der Waals surface area (Å²) in [4.78, 5) is 12.6. The van der Waals surface area contributed by atoms with Gasteiger partial charge in [0.05, 0.1) is 17.6 Å². The molecule has 0 saturated carbocycles. The first-order valence-electron chi connectivity index (χ1n) is 8.13. The van der Waals surface area contributed by atoms with Crippen molar-refractivity contribution in [2.24, 2.45) is 0 Å². The number of carbonyl (C=O) groups excluding carboxylic acids is 1. The summed E-state index contributed by atoms with van der Waals surface area (Å²) in [6.45, 7) is 3.07. The van der Waals surface area contributed by atoms with Crippen molar-refractivity contribution in [1.29, 1.82) is 5.41 Å². The summed E-state index contributed by atoms with van der Waals surface area (Å²) in [5, 5.41) is 9.10.